The SMILES string of the molecule is Nc1c(Cl)cc(C(=O)CCC2CCN(CC3(O)CCOCC3)CC2)c2ncccc12. The van der Waals surface area contributed by atoms with Gasteiger partial charge in [-0.1, -0.05) is 11.6 Å². The minimum absolute atomic E-state index is 0.0690. The average Bonchev–Trinajstić information content (AvgIpc) is 2.76. The van der Waals surface area contributed by atoms with Crippen molar-refractivity contribution in [2.75, 3.05) is 38.6 Å². The number of hydrogen-bond donors (Lipinski definition) is 2. The largest absolute Gasteiger partial charge is 0.397 e. The van der Waals surface area contributed by atoms with Crippen LogP contribution in [0.5, 0.6) is 0 Å². The van der Waals surface area contributed by atoms with E-state index < -0.39 is 5.60 Å². The number of rotatable bonds is 6. The second kappa shape index (κ2) is 9.18. The summed E-state index contributed by atoms with van der Waals surface area (Å²) in [4.78, 5) is 19.7. The maximum atomic E-state index is 12.9. The second-order valence-electron chi connectivity index (χ2n) is 8.74. The number of carbonyl (C=O) groups is 1. The van der Waals surface area contributed by atoms with Gasteiger partial charge in [0.2, 0.25) is 0 Å². The van der Waals surface area contributed by atoms with Crippen LogP contribution in [0.15, 0.2) is 24.4 Å². The van der Waals surface area contributed by atoms with Crippen LogP contribution in [0, 0.1) is 5.92 Å². The van der Waals surface area contributed by atoms with Gasteiger partial charge in [0.05, 0.1) is 21.8 Å². The Balaban J connectivity index is 1.31. The number of aromatic nitrogens is 1. The molecular weight excluding hydrogens is 402 g/mol. The van der Waals surface area contributed by atoms with Crippen LogP contribution in [0.2, 0.25) is 5.02 Å². The zero-order valence-electron chi connectivity index (χ0n) is 17.3. The Bertz CT molecular complexity index is 906. The summed E-state index contributed by atoms with van der Waals surface area (Å²) in [7, 11) is 0. The summed E-state index contributed by atoms with van der Waals surface area (Å²) in [5.41, 5.74) is 7.10. The van der Waals surface area contributed by atoms with E-state index >= 15 is 0 Å². The van der Waals surface area contributed by atoms with Crippen LogP contribution in [-0.4, -0.2) is 59.2 Å². The minimum Gasteiger partial charge on any atom is -0.397 e. The highest BCUT2D eigenvalue weighted by molar-refractivity contribution is 6.35. The first kappa shape index (κ1) is 21.5. The molecule has 2 aromatic rings. The zero-order chi connectivity index (χ0) is 21.1. The number of hydrogen-bond acceptors (Lipinski definition) is 6. The quantitative estimate of drug-likeness (QED) is 0.535. The number of nitrogens with zero attached hydrogens (tertiary/aromatic N) is 2. The van der Waals surface area contributed by atoms with Gasteiger partial charge in [0.15, 0.2) is 5.78 Å². The first-order valence-corrected chi connectivity index (χ1v) is 11.2. The van der Waals surface area contributed by atoms with Crippen molar-refractivity contribution in [3.63, 3.8) is 0 Å². The van der Waals surface area contributed by atoms with Gasteiger partial charge in [-0.3, -0.25) is 9.78 Å². The van der Waals surface area contributed by atoms with Gasteiger partial charge in [-0.2, -0.15) is 0 Å². The standard InChI is InChI=1S/C23H30ClN3O3/c24-19-14-18(22-17(21(19)25)2-1-9-26-22)20(28)4-3-16-5-10-27(11-6-16)15-23(29)7-12-30-13-8-23/h1-2,9,14,16,29H,3-8,10-13,15,25H2. The molecule has 0 amide bonds. The van der Waals surface area contributed by atoms with Crippen molar-refractivity contribution in [2.45, 2.75) is 44.1 Å². The molecule has 0 saturated carbocycles. The van der Waals surface area contributed by atoms with E-state index in [1.165, 1.54) is 0 Å². The summed E-state index contributed by atoms with van der Waals surface area (Å²) < 4.78 is 5.37. The lowest BCUT2D eigenvalue weighted by molar-refractivity contribution is -0.0830. The topological polar surface area (TPSA) is 88.7 Å². The van der Waals surface area contributed by atoms with Crippen molar-refractivity contribution in [1.29, 1.82) is 0 Å². The number of β-amino-alcohol motifs (C(OH)–C–C–N with tert-alkyl or cyclic N) is 1. The van der Waals surface area contributed by atoms with Crippen LogP contribution in [0.3, 0.4) is 0 Å². The number of pyridine rings is 1. The van der Waals surface area contributed by atoms with Crippen molar-refractivity contribution in [2.24, 2.45) is 5.92 Å². The fraction of sp³-hybridized carbons (Fsp3) is 0.565. The van der Waals surface area contributed by atoms with Gasteiger partial charge in [-0.05, 0) is 56.5 Å². The van der Waals surface area contributed by atoms with Crippen molar-refractivity contribution >= 4 is 34.0 Å². The molecule has 162 valence electrons. The molecule has 0 aliphatic carbocycles. The number of piperidine rings is 1. The van der Waals surface area contributed by atoms with E-state index in [4.69, 9.17) is 22.1 Å². The lowest BCUT2D eigenvalue weighted by atomic mass is 9.88. The van der Waals surface area contributed by atoms with Crippen LogP contribution in [-0.2, 0) is 4.74 Å². The Morgan fingerprint density at radius 3 is 2.80 bits per heavy atom. The predicted molar refractivity (Wildman–Crippen MR) is 119 cm³/mol. The number of benzene rings is 1. The molecule has 0 unspecified atom stereocenters. The number of Topliss-reactive ketones (excluding diaryl/α,β-unsaturated/α-hetero) is 1. The molecule has 7 heteroatoms. The number of aliphatic hydroxyl groups is 1. The first-order chi connectivity index (χ1) is 14.5. The third-order valence-corrected chi connectivity index (χ3v) is 6.92. The summed E-state index contributed by atoms with van der Waals surface area (Å²) in [6.45, 7) is 3.96. The highest BCUT2D eigenvalue weighted by atomic mass is 35.5. The van der Waals surface area contributed by atoms with Gasteiger partial charge in [-0.25, -0.2) is 0 Å². The zero-order valence-corrected chi connectivity index (χ0v) is 18.0. The van der Waals surface area contributed by atoms with Gasteiger partial charge in [-0.15, -0.1) is 0 Å². The number of halogens is 1. The van der Waals surface area contributed by atoms with Crippen LogP contribution in [0.25, 0.3) is 10.9 Å². The summed E-state index contributed by atoms with van der Waals surface area (Å²) >= 11 is 6.25. The van der Waals surface area contributed by atoms with Gasteiger partial charge >= 0.3 is 0 Å². The maximum Gasteiger partial charge on any atom is 0.165 e. The molecule has 6 nitrogen and oxygen atoms in total. The molecule has 30 heavy (non-hydrogen) atoms. The fourth-order valence-electron chi connectivity index (χ4n) is 4.68. The van der Waals surface area contributed by atoms with Crippen LogP contribution in [0.1, 0.15) is 48.9 Å². The molecule has 1 aromatic heterocycles. The first-order valence-electron chi connectivity index (χ1n) is 10.8. The number of carbonyl (C=O) groups excluding carboxylic acids is 1. The molecule has 2 fully saturated rings. The fourth-order valence-corrected chi connectivity index (χ4v) is 4.89. The molecule has 1 aromatic carbocycles. The molecular formula is C23H30ClN3O3. The summed E-state index contributed by atoms with van der Waals surface area (Å²) in [5.74, 6) is 0.595. The Kier molecular flexibility index (Phi) is 6.58. The van der Waals surface area contributed by atoms with Crippen LogP contribution >= 0.6 is 11.6 Å². The molecule has 0 spiro atoms. The Morgan fingerprint density at radius 2 is 2.07 bits per heavy atom. The van der Waals surface area contributed by atoms with Crippen molar-refractivity contribution in [3.05, 3.63) is 35.0 Å². The average molecular weight is 432 g/mol. The van der Waals surface area contributed by atoms with Crippen molar-refractivity contribution in [1.82, 2.24) is 9.88 Å². The number of nitrogen functional groups attached to an aromatic ring is 1. The van der Waals surface area contributed by atoms with E-state index in [2.05, 4.69) is 9.88 Å². The van der Waals surface area contributed by atoms with E-state index in [-0.39, 0.29) is 5.78 Å². The molecule has 2 aliphatic heterocycles. The van der Waals surface area contributed by atoms with Gasteiger partial charge in [0.25, 0.3) is 0 Å². The lowest BCUT2D eigenvalue weighted by Crippen LogP contribution is -2.49. The van der Waals surface area contributed by atoms with Crippen molar-refractivity contribution < 1.29 is 14.6 Å². The third-order valence-electron chi connectivity index (χ3n) is 6.61. The number of likely N-dealkylation sites (tertiary alicyclic amines) is 1. The molecule has 3 heterocycles. The molecule has 2 aliphatic rings. The normalized spacial score (nSPS) is 20.5. The summed E-state index contributed by atoms with van der Waals surface area (Å²) in [6, 6.07) is 5.31. The number of ketones is 1. The Morgan fingerprint density at radius 1 is 1.33 bits per heavy atom. The third kappa shape index (κ3) is 4.78. The van der Waals surface area contributed by atoms with E-state index in [1.54, 1.807) is 18.3 Å². The van der Waals surface area contributed by atoms with Gasteiger partial charge in [0.1, 0.15) is 0 Å². The molecule has 0 bridgehead atoms. The van der Waals surface area contributed by atoms with E-state index in [0.717, 1.165) is 44.3 Å². The van der Waals surface area contributed by atoms with Crippen LogP contribution < -0.4 is 5.73 Å². The summed E-state index contributed by atoms with van der Waals surface area (Å²) in [5, 5.41) is 11.9. The molecule has 0 atom stereocenters. The lowest BCUT2D eigenvalue weighted by Gasteiger charge is -2.39. The van der Waals surface area contributed by atoms with Gasteiger partial charge in [0, 0.05) is 56.2 Å². The smallest absolute Gasteiger partial charge is 0.165 e. The molecule has 2 saturated heterocycles. The van der Waals surface area contributed by atoms with Crippen molar-refractivity contribution in [3.8, 4) is 0 Å². The maximum absolute atomic E-state index is 12.9. The van der Waals surface area contributed by atoms with E-state index in [1.807, 2.05) is 6.07 Å². The summed E-state index contributed by atoms with van der Waals surface area (Å²) in [6.07, 6.45) is 6.57. The van der Waals surface area contributed by atoms with E-state index in [9.17, 15) is 9.90 Å². The second-order valence-corrected chi connectivity index (χ2v) is 9.14. The van der Waals surface area contributed by atoms with E-state index in [0.29, 0.717) is 60.2 Å². The Labute approximate surface area is 182 Å². The van der Waals surface area contributed by atoms with Gasteiger partial charge < -0.3 is 20.5 Å². The molecule has 4 rings (SSSR count). The van der Waals surface area contributed by atoms with Crippen LogP contribution in [0.4, 0.5) is 5.69 Å². The highest BCUT2D eigenvalue weighted by Gasteiger charge is 2.33. The molecule has 3 N–H and O–H groups in total. The number of anilines is 1. The Hall–Kier alpha value is -1.73. The number of fused-ring (bicyclic) bond motifs is 1. The predicted octanol–water partition coefficient (Wildman–Crippen LogP) is 3.69. The number of nitrogens with two attached hydrogens (primary N) is 1. The number of ether oxygens (including phenoxy) is 1. The molecule has 0 radical (unpaired) electrons. The highest BCUT2D eigenvalue weighted by Crippen LogP contribution is 2.32. The minimum atomic E-state index is -0.608. The monoisotopic (exact) mass is 431 g/mol.